The van der Waals surface area contributed by atoms with E-state index in [-0.39, 0.29) is 0 Å². The number of likely N-dealkylation sites (tertiary alicyclic amines) is 1. The van der Waals surface area contributed by atoms with E-state index in [0.717, 1.165) is 23.1 Å². The Labute approximate surface area is 141 Å². The van der Waals surface area contributed by atoms with Crippen LogP contribution in [0.2, 0.25) is 0 Å². The molecule has 2 aliphatic rings. The summed E-state index contributed by atoms with van der Waals surface area (Å²) in [5, 5.41) is 8.67. The molecule has 1 aliphatic carbocycles. The van der Waals surface area contributed by atoms with Crippen LogP contribution >= 0.6 is 11.3 Å². The van der Waals surface area contributed by atoms with E-state index in [1.165, 1.54) is 56.5 Å². The molecule has 0 unspecified atom stereocenters. The highest BCUT2D eigenvalue weighted by Crippen LogP contribution is 2.36. The van der Waals surface area contributed by atoms with Crippen LogP contribution in [0.3, 0.4) is 0 Å². The summed E-state index contributed by atoms with van der Waals surface area (Å²) in [5.74, 6) is 2.37. The number of rotatable bonds is 4. The Morgan fingerprint density at radius 3 is 2.78 bits per heavy atom. The standard InChI is InChI=1S/C18H25N3OS/c1-13-9-10-16(23-13)18-20-19-17(22-18)15-8-5-11-21(15)12-14-6-3-2-4-7-14/h9-10,14-15H,2-8,11-12H2,1H3/t15-/m1/s1. The van der Waals surface area contributed by atoms with E-state index >= 15 is 0 Å². The quantitative estimate of drug-likeness (QED) is 0.805. The first-order valence-electron chi connectivity index (χ1n) is 8.94. The Kier molecular flexibility index (Phi) is 4.49. The van der Waals surface area contributed by atoms with E-state index in [2.05, 4.69) is 34.2 Å². The number of thiophene rings is 1. The van der Waals surface area contributed by atoms with Crippen LogP contribution in [-0.4, -0.2) is 28.2 Å². The summed E-state index contributed by atoms with van der Waals surface area (Å²) >= 11 is 1.72. The number of aryl methyl sites for hydroxylation is 1. The van der Waals surface area contributed by atoms with Gasteiger partial charge in [0.05, 0.1) is 10.9 Å². The molecule has 0 amide bonds. The topological polar surface area (TPSA) is 42.2 Å². The van der Waals surface area contributed by atoms with Gasteiger partial charge in [0.2, 0.25) is 5.89 Å². The maximum absolute atomic E-state index is 6.03. The second kappa shape index (κ2) is 6.73. The zero-order chi connectivity index (χ0) is 15.6. The third-order valence-corrected chi connectivity index (χ3v) is 6.25. The molecule has 0 spiro atoms. The summed E-state index contributed by atoms with van der Waals surface area (Å²) in [6.07, 6.45) is 9.43. The minimum Gasteiger partial charge on any atom is -0.418 e. The lowest BCUT2D eigenvalue weighted by molar-refractivity contribution is 0.170. The summed E-state index contributed by atoms with van der Waals surface area (Å²) in [6, 6.07) is 4.51. The molecular formula is C18H25N3OS. The summed E-state index contributed by atoms with van der Waals surface area (Å²) in [7, 11) is 0. The van der Waals surface area contributed by atoms with Crippen LogP contribution in [0.25, 0.3) is 10.8 Å². The maximum atomic E-state index is 6.03. The zero-order valence-electron chi connectivity index (χ0n) is 13.8. The first-order valence-corrected chi connectivity index (χ1v) is 9.75. The van der Waals surface area contributed by atoms with E-state index in [0.29, 0.717) is 11.9 Å². The highest BCUT2D eigenvalue weighted by Gasteiger charge is 2.32. The predicted molar refractivity (Wildman–Crippen MR) is 92.5 cm³/mol. The number of nitrogens with zero attached hydrogens (tertiary/aromatic N) is 3. The van der Waals surface area contributed by atoms with Crippen molar-refractivity contribution in [2.24, 2.45) is 5.92 Å². The van der Waals surface area contributed by atoms with E-state index in [4.69, 9.17) is 4.42 Å². The first kappa shape index (κ1) is 15.3. The molecule has 0 radical (unpaired) electrons. The lowest BCUT2D eigenvalue weighted by Crippen LogP contribution is -2.30. The maximum Gasteiger partial charge on any atom is 0.257 e. The molecule has 2 aromatic rings. The SMILES string of the molecule is Cc1ccc(-c2nnc([C@H]3CCCN3CC3CCCCC3)o2)s1. The van der Waals surface area contributed by atoms with Crippen molar-refractivity contribution in [1.29, 1.82) is 0 Å². The lowest BCUT2D eigenvalue weighted by Gasteiger charge is -2.29. The molecule has 1 saturated heterocycles. The first-order chi connectivity index (χ1) is 11.3. The van der Waals surface area contributed by atoms with Gasteiger partial charge in [-0.1, -0.05) is 19.3 Å². The van der Waals surface area contributed by atoms with Crippen molar-refractivity contribution in [2.75, 3.05) is 13.1 Å². The van der Waals surface area contributed by atoms with Crippen LogP contribution in [0.15, 0.2) is 16.5 Å². The number of hydrogen-bond donors (Lipinski definition) is 0. The lowest BCUT2D eigenvalue weighted by atomic mass is 9.89. The van der Waals surface area contributed by atoms with E-state index in [1.54, 1.807) is 11.3 Å². The van der Waals surface area contributed by atoms with Gasteiger partial charge in [-0.2, -0.15) is 0 Å². The molecular weight excluding hydrogens is 306 g/mol. The second-order valence-corrected chi connectivity index (χ2v) is 8.30. The fraction of sp³-hybridized carbons (Fsp3) is 0.667. The normalized spacial score (nSPS) is 23.6. The van der Waals surface area contributed by atoms with Crippen LogP contribution in [0.4, 0.5) is 0 Å². The average Bonchev–Trinajstić information content (AvgIpc) is 3.28. The molecule has 3 heterocycles. The minimum absolute atomic E-state index is 0.333. The summed E-state index contributed by atoms with van der Waals surface area (Å²) in [6.45, 7) is 4.49. The smallest absolute Gasteiger partial charge is 0.257 e. The molecule has 4 rings (SSSR count). The monoisotopic (exact) mass is 331 g/mol. The summed E-state index contributed by atoms with van der Waals surface area (Å²) in [5.41, 5.74) is 0. The Morgan fingerprint density at radius 2 is 2.00 bits per heavy atom. The van der Waals surface area contributed by atoms with Crippen LogP contribution in [0, 0.1) is 12.8 Å². The van der Waals surface area contributed by atoms with Gasteiger partial charge in [0.15, 0.2) is 0 Å². The molecule has 0 aromatic carbocycles. The largest absolute Gasteiger partial charge is 0.418 e. The average molecular weight is 331 g/mol. The van der Waals surface area contributed by atoms with Crippen LogP contribution in [0.5, 0.6) is 0 Å². The molecule has 2 fully saturated rings. The predicted octanol–water partition coefficient (Wildman–Crippen LogP) is 4.82. The van der Waals surface area contributed by atoms with E-state index < -0.39 is 0 Å². The fourth-order valence-electron chi connectivity index (χ4n) is 4.04. The van der Waals surface area contributed by atoms with Crippen molar-refractivity contribution >= 4 is 11.3 Å². The van der Waals surface area contributed by atoms with Crippen molar-refractivity contribution < 1.29 is 4.42 Å². The Bertz CT molecular complexity index is 644. The van der Waals surface area contributed by atoms with Gasteiger partial charge in [0, 0.05) is 11.4 Å². The van der Waals surface area contributed by atoms with Gasteiger partial charge in [-0.15, -0.1) is 21.5 Å². The molecule has 1 saturated carbocycles. The van der Waals surface area contributed by atoms with Crippen molar-refractivity contribution in [2.45, 2.75) is 57.9 Å². The van der Waals surface area contributed by atoms with Gasteiger partial charge in [-0.05, 0) is 57.2 Å². The fourth-order valence-corrected chi connectivity index (χ4v) is 4.83. The molecule has 2 aromatic heterocycles. The Hall–Kier alpha value is -1.20. The molecule has 5 heteroatoms. The van der Waals surface area contributed by atoms with Gasteiger partial charge in [0.1, 0.15) is 0 Å². The molecule has 0 bridgehead atoms. The Balaban J connectivity index is 1.47. The Morgan fingerprint density at radius 1 is 1.13 bits per heavy atom. The molecule has 23 heavy (non-hydrogen) atoms. The van der Waals surface area contributed by atoms with Gasteiger partial charge in [-0.3, -0.25) is 4.90 Å². The third kappa shape index (κ3) is 3.36. The molecule has 124 valence electrons. The van der Waals surface area contributed by atoms with Crippen molar-refractivity contribution in [3.63, 3.8) is 0 Å². The van der Waals surface area contributed by atoms with E-state index in [9.17, 15) is 0 Å². The van der Waals surface area contributed by atoms with Crippen LogP contribution in [0.1, 0.15) is 61.8 Å². The van der Waals surface area contributed by atoms with E-state index in [1.807, 2.05) is 0 Å². The molecule has 0 N–H and O–H groups in total. The van der Waals surface area contributed by atoms with Gasteiger partial charge < -0.3 is 4.42 Å². The van der Waals surface area contributed by atoms with Gasteiger partial charge >= 0.3 is 0 Å². The molecule has 1 aliphatic heterocycles. The van der Waals surface area contributed by atoms with Crippen LogP contribution < -0.4 is 0 Å². The second-order valence-electron chi connectivity index (χ2n) is 7.01. The number of hydrogen-bond acceptors (Lipinski definition) is 5. The molecule has 4 nitrogen and oxygen atoms in total. The van der Waals surface area contributed by atoms with Crippen LogP contribution in [-0.2, 0) is 0 Å². The third-order valence-electron chi connectivity index (χ3n) is 5.26. The zero-order valence-corrected chi connectivity index (χ0v) is 14.6. The van der Waals surface area contributed by atoms with Crippen molar-refractivity contribution in [3.05, 3.63) is 22.9 Å². The minimum atomic E-state index is 0.333. The van der Waals surface area contributed by atoms with Crippen molar-refractivity contribution in [1.82, 2.24) is 15.1 Å². The molecule has 1 atom stereocenters. The number of aromatic nitrogens is 2. The highest BCUT2D eigenvalue weighted by molar-refractivity contribution is 7.15. The van der Waals surface area contributed by atoms with Gasteiger partial charge in [-0.25, -0.2) is 0 Å². The van der Waals surface area contributed by atoms with Crippen molar-refractivity contribution in [3.8, 4) is 10.8 Å². The summed E-state index contributed by atoms with van der Waals surface area (Å²) in [4.78, 5) is 4.95. The van der Waals surface area contributed by atoms with Gasteiger partial charge in [0.25, 0.3) is 5.89 Å². The highest BCUT2D eigenvalue weighted by atomic mass is 32.1. The summed E-state index contributed by atoms with van der Waals surface area (Å²) < 4.78 is 6.03.